The molecule has 0 bridgehead atoms. The van der Waals surface area contributed by atoms with Crippen molar-refractivity contribution in [1.82, 2.24) is 4.98 Å². The Hall–Kier alpha value is -0.975. The zero-order valence-corrected chi connectivity index (χ0v) is 12.2. The van der Waals surface area contributed by atoms with Crippen LogP contribution in [-0.4, -0.2) is 23.3 Å². The predicted molar refractivity (Wildman–Crippen MR) is 75.3 cm³/mol. The van der Waals surface area contributed by atoms with Crippen LogP contribution in [0.25, 0.3) is 10.1 Å². The molecular weight excluding hydrogens is 264 g/mol. The summed E-state index contributed by atoms with van der Waals surface area (Å²) in [5.74, 6) is -0.330. The molecule has 0 amide bonds. The first-order chi connectivity index (χ1) is 8.82. The van der Waals surface area contributed by atoms with Gasteiger partial charge in [-0.1, -0.05) is 0 Å². The average Bonchev–Trinajstić information content (AvgIpc) is 2.80. The van der Waals surface area contributed by atoms with Gasteiger partial charge in [-0.2, -0.15) is 0 Å². The minimum absolute atomic E-state index is 0.330. The molecule has 1 aliphatic heterocycles. The minimum Gasteiger partial charge on any atom is -0.399 e. The molecule has 0 atom stereocenters. The van der Waals surface area contributed by atoms with Gasteiger partial charge >= 0.3 is 7.12 Å². The fourth-order valence-electron chi connectivity index (χ4n) is 2.12. The summed E-state index contributed by atoms with van der Waals surface area (Å²) in [4.78, 5) is 3.86. The Morgan fingerprint density at radius 1 is 1.16 bits per heavy atom. The van der Waals surface area contributed by atoms with E-state index in [-0.39, 0.29) is 5.82 Å². The molecule has 0 aromatic carbocycles. The zero-order valence-electron chi connectivity index (χ0n) is 11.4. The van der Waals surface area contributed by atoms with E-state index in [1.54, 1.807) is 6.20 Å². The molecule has 0 aliphatic carbocycles. The summed E-state index contributed by atoms with van der Waals surface area (Å²) in [6, 6.07) is 0. The molecule has 2 aromatic rings. The van der Waals surface area contributed by atoms with Crippen LogP contribution in [0.15, 0.2) is 17.8 Å². The lowest BCUT2D eigenvalue weighted by atomic mass is 9.79. The molecule has 0 unspecified atom stereocenters. The van der Waals surface area contributed by atoms with Crippen LogP contribution in [0.3, 0.4) is 0 Å². The number of hydrogen-bond donors (Lipinski definition) is 0. The van der Waals surface area contributed by atoms with Gasteiger partial charge in [-0.15, -0.1) is 11.3 Å². The largest absolute Gasteiger partial charge is 0.496 e. The fourth-order valence-corrected chi connectivity index (χ4v) is 3.05. The third kappa shape index (κ3) is 1.90. The maximum Gasteiger partial charge on any atom is 0.496 e. The molecular formula is C13H15BFNO2S. The molecule has 3 rings (SSSR count). The second kappa shape index (κ2) is 4.01. The van der Waals surface area contributed by atoms with E-state index in [1.807, 2.05) is 33.1 Å². The fraction of sp³-hybridized carbons (Fsp3) is 0.462. The number of fused-ring (bicyclic) bond motifs is 1. The lowest BCUT2D eigenvalue weighted by molar-refractivity contribution is 0.00578. The van der Waals surface area contributed by atoms with Crippen LogP contribution in [0.2, 0.25) is 0 Å². The third-order valence-corrected chi connectivity index (χ3v) is 4.91. The van der Waals surface area contributed by atoms with Gasteiger partial charge in [0.05, 0.1) is 22.1 Å². The van der Waals surface area contributed by atoms with E-state index in [0.717, 1.165) is 10.2 Å². The Balaban J connectivity index is 2.08. The second-order valence-corrected chi connectivity index (χ2v) is 6.68. The van der Waals surface area contributed by atoms with Crippen LogP contribution < -0.4 is 5.46 Å². The molecule has 0 N–H and O–H groups in total. The molecule has 1 saturated heterocycles. The highest BCUT2D eigenvalue weighted by Crippen LogP contribution is 2.37. The van der Waals surface area contributed by atoms with Crippen molar-refractivity contribution in [2.45, 2.75) is 38.9 Å². The summed E-state index contributed by atoms with van der Waals surface area (Å²) in [6.45, 7) is 7.94. The molecule has 0 spiro atoms. The SMILES string of the molecule is CC1(C)OB(c2csc3cncc(F)c23)OC1(C)C. The van der Waals surface area contributed by atoms with E-state index >= 15 is 0 Å². The highest BCUT2D eigenvalue weighted by Gasteiger charge is 2.52. The smallest absolute Gasteiger partial charge is 0.399 e. The van der Waals surface area contributed by atoms with Gasteiger partial charge in [-0.3, -0.25) is 4.98 Å². The number of halogens is 1. The van der Waals surface area contributed by atoms with Crippen LogP contribution >= 0.6 is 11.3 Å². The van der Waals surface area contributed by atoms with Crippen molar-refractivity contribution in [2.75, 3.05) is 0 Å². The van der Waals surface area contributed by atoms with E-state index in [4.69, 9.17) is 9.31 Å². The second-order valence-electron chi connectivity index (χ2n) is 5.77. The molecule has 19 heavy (non-hydrogen) atoms. The molecule has 3 heterocycles. The summed E-state index contributed by atoms with van der Waals surface area (Å²) < 4.78 is 26.7. The first-order valence-electron chi connectivity index (χ1n) is 6.18. The highest BCUT2D eigenvalue weighted by atomic mass is 32.1. The highest BCUT2D eigenvalue weighted by molar-refractivity contribution is 7.18. The van der Waals surface area contributed by atoms with Gasteiger partial charge in [-0.05, 0) is 33.1 Å². The number of pyridine rings is 1. The van der Waals surface area contributed by atoms with Gasteiger partial charge in [0.2, 0.25) is 0 Å². The van der Waals surface area contributed by atoms with Crippen LogP contribution in [0.1, 0.15) is 27.7 Å². The van der Waals surface area contributed by atoms with Gasteiger partial charge in [-0.25, -0.2) is 4.39 Å². The van der Waals surface area contributed by atoms with E-state index in [2.05, 4.69) is 4.98 Å². The Bertz CT molecular complexity index is 625. The molecule has 1 aliphatic rings. The van der Waals surface area contributed by atoms with Crippen molar-refractivity contribution in [1.29, 1.82) is 0 Å². The Labute approximate surface area is 115 Å². The Morgan fingerprint density at radius 2 is 1.79 bits per heavy atom. The van der Waals surface area contributed by atoms with Crippen molar-refractivity contribution in [2.24, 2.45) is 0 Å². The summed E-state index contributed by atoms with van der Waals surface area (Å²) >= 11 is 1.45. The van der Waals surface area contributed by atoms with Gasteiger partial charge in [0, 0.05) is 17.0 Å². The van der Waals surface area contributed by atoms with Crippen LogP contribution in [0, 0.1) is 5.82 Å². The number of nitrogens with zero attached hydrogens (tertiary/aromatic N) is 1. The average molecular weight is 279 g/mol. The monoisotopic (exact) mass is 279 g/mol. The van der Waals surface area contributed by atoms with Gasteiger partial charge in [0.1, 0.15) is 5.82 Å². The predicted octanol–water partition coefficient (Wildman–Crippen LogP) is 2.73. The lowest BCUT2D eigenvalue weighted by Gasteiger charge is -2.32. The normalized spacial score (nSPS) is 21.2. The van der Waals surface area contributed by atoms with Gasteiger partial charge in [0.25, 0.3) is 0 Å². The van der Waals surface area contributed by atoms with Crippen LogP contribution in [-0.2, 0) is 9.31 Å². The van der Waals surface area contributed by atoms with Crippen molar-refractivity contribution in [3.8, 4) is 0 Å². The quantitative estimate of drug-likeness (QED) is 0.752. The first kappa shape index (κ1) is 13.0. The zero-order chi connectivity index (χ0) is 13.8. The molecule has 0 radical (unpaired) electrons. The van der Waals surface area contributed by atoms with Gasteiger partial charge in [0.15, 0.2) is 0 Å². The van der Waals surface area contributed by atoms with Crippen molar-refractivity contribution in [3.63, 3.8) is 0 Å². The van der Waals surface area contributed by atoms with E-state index in [1.165, 1.54) is 17.5 Å². The molecule has 0 saturated carbocycles. The van der Waals surface area contributed by atoms with Crippen molar-refractivity contribution in [3.05, 3.63) is 23.6 Å². The van der Waals surface area contributed by atoms with E-state index in [0.29, 0.717) is 5.39 Å². The standard InChI is InChI=1S/C13H15BFNO2S/c1-12(2)13(3,4)18-14(17-12)8-7-19-10-6-16-5-9(15)11(8)10/h5-7H,1-4H3. The van der Waals surface area contributed by atoms with E-state index in [9.17, 15) is 4.39 Å². The molecule has 2 aromatic heterocycles. The Kier molecular flexibility index (Phi) is 2.75. The summed E-state index contributed by atoms with van der Waals surface area (Å²) in [7, 11) is -0.532. The van der Waals surface area contributed by atoms with Crippen molar-refractivity contribution < 1.29 is 13.7 Å². The number of hydrogen-bond acceptors (Lipinski definition) is 4. The first-order valence-corrected chi connectivity index (χ1v) is 7.06. The number of thiophene rings is 1. The maximum atomic E-state index is 14.0. The molecule has 3 nitrogen and oxygen atoms in total. The van der Waals surface area contributed by atoms with Crippen LogP contribution in [0.5, 0.6) is 0 Å². The summed E-state index contributed by atoms with van der Waals surface area (Å²) in [6.07, 6.45) is 2.89. The van der Waals surface area contributed by atoms with Crippen molar-refractivity contribution >= 4 is 34.0 Å². The maximum absolute atomic E-state index is 14.0. The van der Waals surface area contributed by atoms with Gasteiger partial charge < -0.3 is 9.31 Å². The summed E-state index contributed by atoms with van der Waals surface area (Å²) in [5.41, 5.74) is -0.0937. The number of rotatable bonds is 1. The number of aromatic nitrogens is 1. The minimum atomic E-state index is -0.532. The topological polar surface area (TPSA) is 31.4 Å². The molecule has 6 heteroatoms. The van der Waals surface area contributed by atoms with E-state index < -0.39 is 18.3 Å². The third-order valence-electron chi connectivity index (χ3n) is 3.97. The lowest BCUT2D eigenvalue weighted by Crippen LogP contribution is -2.41. The van der Waals surface area contributed by atoms with Crippen LogP contribution in [0.4, 0.5) is 4.39 Å². The molecule has 100 valence electrons. The summed E-state index contributed by atoms with van der Waals surface area (Å²) in [5, 5.41) is 2.44. The Morgan fingerprint density at radius 3 is 2.42 bits per heavy atom. The molecule has 1 fully saturated rings.